The lowest BCUT2D eigenvalue weighted by molar-refractivity contribution is -0.143. The first-order chi connectivity index (χ1) is 13.0. The maximum Gasteiger partial charge on any atom is 0.326 e. The largest absolute Gasteiger partial charge is 0.480 e. The van der Waals surface area contributed by atoms with Gasteiger partial charge in [0.25, 0.3) is 0 Å². The number of aliphatic carboxylic acids is 1. The van der Waals surface area contributed by atoms with Gasteiger partial charge in [0.1, 0.15) is 12.1 Å². The Balaban J connectivity index is 4.79. The molecule has 0 saturated carbocycles. The first-order valence-corrected chi connectivity index (χ1v) is 8.55. The average Bonchev–Trinajstić information content (AvgIpc) is 2.58. The fourth-order valence-electron chi connectivity index (χ4n) is 1.98. The summed E-state index contributed by atoms with van der Waals surface area (Å²) in [6.45, 7) is 2.40. The van der Waals surface area contributed by atoms with Crippen molar-refractivity contribution in [3.8, 4) is 0 Å². The number of carboxylic acid groups (broad SMARTS) is 1. The van der Waals surface area contributed by atoms with Gasteiger partial charge in [0.2, 0.25) is 17.7 Å². The lowest BCUT2D eigenvalue weighted by Gasteiger charge is -2.23. The monoisotopic (exact) mass is 403 g/mol. The second-order valence-corrected chi connectivity index (χ2v) is 6.14. The molecule has 0 heterocycles. The molecule has 3 amide bonds. The number of aliphatic hydroxyl groups excluding tert-OH is 1. The number of carbonyl (C=O) groups excluding carboxylic acids is 3. The summed E-state index contributed by atoms with van der Waals surface area (Å²) in [7, 11) is 0. The number of carbonyl (C=O) groups is 4. The predicted molar refractivity (Wildman–Crippen MR) is 99.7 cm³/mol. The summed E-state index contributed by atoms with van der Waals surface area (Å²) in [6.07, 6.45) is -1.00. The highest BCUT2D eigenvalue weighted by molar-refractivity contribution is 5.92. The number of nitrogens with one attached hydrogen (secondary N) is 3. The summed E-state index contributed by atoms with van der Waals surface area (Å²) in [6, 6.07) is -3.50. The van der Waals surface area contributed by atoms with Crippen LogP contribution in [0.2, 0.25) is 0 Å². The molecule has 0 bridgehead atoms. The Bertz CT molecular complexity index is 589. The predicted octanol–water partition coefficient (Wildman–Crippen LogP) is -4.06. The SMILES string of the molecule is CC(N)C(=O)NCC(=O)NC(C(=O)NC(CCCN=C(N)N)C(=O)O)C(C)O. The number of hydrogen-bond donors (Lipinski definition) is 8. The number of amides is 3. The molecule has 11 N–H and O–H groups in total. The number of aliphatic hydroxyl groups is 1. The number of nitrogens with zero attached hydrogens (tertiary/aromatic N) is 1. The van der Waals surface area contributed by atoms with Crippen LogP contribution < -0.4 is 33.2 Å². The molecule has 13 heteroatoms. The third-order valence-corrected chi connectivity index (χ3v) is 3.48. The maximum absolute atomic E-state index is 12.3. The molecule has 0 aromatic rings. The highest BCUT2D eigenvalue weighted by Gasteiger charge is 2.29. The minimum Gasteiger partial charge on any atom is -0.480 e. The van der Waals surface area contributed by atoms with Gasteiger partial charge in [0.15, 0.2) is 5.96 Å². The standard InChI is InChI=1S/C15H29N7O6/c1-7(16)12(25)20-6-10(24)22-11(8(2)23)13(26)21-9(14(27)28)4-3-5-19-15(17)18/h7-9,11,23H,3-6,16H2,1-2H3,(H,20,25)(H,21,26)(H,22,24)(H,27,28)(H4,17,18,19). The van der Waals surface area contributed by atoms with E-state index in [9.17, 15) is 29.4 Å². The molecule has 0 aliphatic carbocycles. The molecule has 0 aromatic carbocycles. The summed E-state index contributed by atoms with van der Waals surface area (Å²) in [5.74, 6) is -3.65. The van der Waals surface area contributed by atoms with Crippen LogP contribution in [0.3, 0.4) is 0 Å². The van der Waals surface area contributed by atoms with Crippen LogP contribution in [0.5, 0.6) is 0 Å². The van der Waals surface area contributed by atoms with Crippen molar-refractivity contribution in [1.29, 1.82) is 0 Å². The zero-order valence-corrected chi connectivity index (χ0v) is 15.8. The van der Waals surface area contributed by atoms with Gasteiger partial charge in [-0.1, -0.05) is 0 Å². The van der Waals surface area contributed by atoms with Gasteiger partial charge in [-0.25, -0.2) is 4.79 Å². The Morgan fingerprint density at radius 1 is 1.07 bits per heavy atom. The first-order valence-electron chi connectivity index (χ1n) is 8.55. The number of rotatable bonds is 12. The molecule has 28 heavy (non-hydrogen) atoms. The van der Waals surface area contributed by atoms with Gasteiger partial charge in [-0.05, 0) is 26.7 Å². The van der Waals surface area contributed by atoms with Gasteiger partial charge < -0.3 is 43.4 Å². The zero-order valence-electron chi connectivity index (χ0n) is 15.8. The second-order valence-electron chi connectivity index (χ2n) is 6.14. The molecule has 0 fully saturated rings. The highest BCUT2D eigenvalue weighted by Crippen LogP contribution is 2.01. The molecule has 4 atom stereocenters. The quantitative estimate of drug-likeness (QED) is 0.0897. The fraction of sp³-hybridized carbons (Fsp3) is 0.667. The van der Waals surface area contributed by atoms with E-state index in [0.717, 1.165) is 0 Å². The van der Waals surface area contributed by atoms with Gasteiger partial charge in [-0.2, -0.15) is 0 Å². The number of carboxylic acids is 1. The van der Waals surface area contributed by atoms with Crippen LogP contribution in [0.1, 0.15) is 26.7 Å². The first kappa shape index (κ1) is 25.1. The summed E-state index contributed by atoms with van der Waals surface area (Å²) in [5.41, 5.74) is 15.7. The molecule has 160 valence electrons. The van der Waals surface area contributed by atoms with Crippen molar-refractivity contribution >= 4 is 29.7 Å². The smallest absolute Gasteiger partial charge is 0.326 e. The number of nitrogens with two attached hydrogens (primary N) is 3. The Morgan fingerprint density at radius 3 is 2.14 bits per heavy atom. The van der Waals surface area contributed by atoms with Crippen LogP contribution in [0, 0.1) is 0 Å². The minimum atomic E-state index is -1.42. The van der Waals surface area contributed by atoms with Crippen LogP contribution in [-0.4, -0.2) is 77.2 Å². The van der Waals surface area contributed by atoms with Crippen molar-refractivity contribution in [3.05, 3.63) is 0 Å². The van der Waals surface area contributed by atoms with E-state index in [1.165, 1.54) is 13.8 Å². The van der Waals surface area contributed by atoms with Crippen molar-refractivity contribution in [2.24, 2.45) is 22.2 Å². The number of hydrogen-bond acceptors (Lipinski definition) is 7. The molecule has 0 aliphatic rings. The number of guanidine groups is 1. The van der Waals surface area contributed by atoms with Gasteiger partial charge in [-0.3, -0.25) is 19.4 Å². The van der Waals surface area contributed by atoms with Gasteiger partial charge in [0, 0.05) is 6.54 Å². The molecule has 0 spiro atoms. The molecule has 0 aliphatic heterocycles. The third kappa shape index (κ3) is 10.3. The van der Waals surface area contributed by atoms with Crippen LogP contribution in [0.15, 0.2) is 4.99 Å². The molecule has 0 saturated heterocycles. The van der Waals surface area contributed by atoms with Crippen molar-refractivity contribution in [2.45, 2.75) is 50.9 Å². The normalized spacial score (nSPS) is 14.7. The third-order valence-electron chi connectivity index (χ3n) is 3.48. The van der Waals surface area contributed by atoms with Crippen LogP contribution in [0.4, 0.5) is 0 Å². The van der Waals surface area contributed by atoms with Crippen LogP contribution >= 0.6 is 0 Å². The van der Waals surface area contributed by atoms with Gasteiger partial charge in [0.05, 0.1) is 18.7 Å². The lowest BCUT2D eigenvalue weighted by atomic mass is 10.1. The summed E-state index contributed by atoms with van der Waals surface area (Å²) in [5, 5.41) is 25.7. The van der Waals surface area contributed by atoms with E-state index in [1.54, 1.807) is 0 Å². The molecule has 4 unspecified atom stereocenters. The van der Waals surface area contributed by atoms with Crippen molar-refractivity contribution < 1.29 is 29.4 Å². The minimum absolute atomic E-state index is 0.0305. The lowest BCUT2D eigenvalue weighted by Crippen LogP contribution is -2.57. The van der Waals surface area contributed by atoms with E-state index in [0.29, 0.717) is 0 Å². The Labute approximate surface area is 162 Å². The molecule has 0 radical (unpaired) electrons. The Hall–Kier alpha value is -2.93. The van der Waals surface area contributed by atoms with E-state index in [1.807, 2.05) is 0 Å². The topological polar surface area (TPSA) is 235 Å². The molecular weight excluding hydrogens is 374 g/mol. The van der Waals surface area contributed by atoms with Crippen LogP contribution in [0.25, 0.3) is 0 Å². The van der Waals surface area contributed by atoms with E-state index < -0.39 is 54.5 Å². The maximum atomic E-state index is 12.3. The summed E-state index contributed by atoms with van der Waals surface area (Å²) < 4.78 is 0. The Kier molecular flexibility index (Phi) is 11.2. The molecule has 0 rings (SSSR count). The molecule has 0 aromatic heterocycles. The van der Waals surface area contributed by atoms with E-state index >= 15 is 0 Å². The van der Waals surface area contributed by atoms with Gasteiger partial charge in [-0.15, -0.1) is 0 Å². The molecular formula is C15H29N7O6. The highest BCUT2D eigenvalue weighted by atomic mass is 16.4. The van der Waals surface area contributed by atoms with E-state index in [-0.39, 0.29) is 25.3 Å². The fourth-order valence-corrected chi connectivity index (χ4v) is 1.98. The van der Waals surface area contributed by atoms with Crippen molar-refractivity contribution in [1.82, 2.24) is 16.0 Å². The van der Waals surface area contributed by atoms with E-state index in [2.05, 4.69) is 20.9 Å². The van der Waals surface area contributed by atoms with Crippen molar-refractivity contribution in [3.63, 3.8) is 0 Å². The summed E-state index contributed by atoms with van der Waals surface area (Å²) in [4.78, 5) is 50.5. The average molecular weight is 403 g/mol. The second kappa shape index (κ2) is 12.5. The van der Waals surface area contributed by atoms with E-state index in [4.69, 9.17) is 17.2 Å². The van der Waals surface area contributed by atoms with Gasteiger partial charge >= 0.3 is 5.97 Å². The summed E-state index contributed by atoms with van der Waals surface area (Å²) >= 11 is 0. The zero-order chi connectivity index (χ0) is 21.9. The van der Waals surface area contributed by atoms with Crippen LogP contribution in [-0.2, 0) is 19.2 Å². The number of aliphatic imine (C=N–C) groups is 1. The molecule has 13 nitrogen and oxygen atoms in total. The Morgan fingerprint density at radius 2 is 1.68 bits per heavy atom. The van der Waals surface area contributed by atoms with Crippen molar-refractivity contribution in [2.75, 3.05) is 13.1 Å².